The van der Waals surface area contributed by atoms with Crippen LogP contribution in [0.5, 0.6) is 0 Å². The third-order valence-corrected chi connectivity index (χ3v) is 4.64. The fourth-order valence-corrected chi connectivity index (χ4v) is 3.15. The molecule has 0 unspecified atom stereocenters. The average molecular weight is 343 g/mol. The topological polar surface area (TPSA) is 38.0 Å². The minimum atomic E-state index is -0.0332. The summed E-state index contributed by atoms with van der Waals surface area (Å²) in [6, 6.07) is 16.0. The molecule has 0 aliphatic rings. The fourth-order valence-electron chi connectivity index (χ4n) is 2.18. The van der Waals surface area contributed by atoms with E-state index in [1.165, 1.54) is 11.3 Å². The number of nitrogens with zero attached hydrogens (tertiary/aromatic N) is 1. The van der Waals surface area contributed by atoms with Crippen LogP contribution in [0.1, 0.15) is 25.6 Å². The molecule has 5 heteroatoms. The van der Waals surface area contributed by atoms with Gasteiger partial charge < -0.3 is 0 Å². The first-order chi connectivity index (χ1) is 11.1. The Balaban J connectivity index is 1.72. The van der Waals surface area contributed by atoms with Crippen LogP contribution in [0, 0.1) is 0 Å². The van der Waals surface area contributed by atoms with Gasteiger partial charge in [0, 0.05) is 23.3 Å². The number of Topliss-reactive ketones (excluding diaryl/α,β-unsaturated/α-hetero) is 1. The fraction of sp³-hybridized carbons (Fsp3) is 0.0556. The summed E-state index contributed by atoms with van der Waals surface area (Å²) in [7, 11) is 0. The van der Waals surface area contributed by atoms with E-state index in [4.69, 9.17) is 11.6 Å². The smallest absolute Gasteiger partial charge is 0.237 e. The Morgan fingerprint density at radius 3 is 2.17 bits per heavy atom. The Kier molecular flexibility index (Phi) is 4.65. The van der Waals surface area contributed by atoms with Gasteiger partial charge in [-0.15, -0.1) is 11.3 Å². The molecule has 114 valence electrons. The zero-order valence-corrected chi connectivity index (χ0v) is 13.7. The van der Waals surface area contributed by atoms with Gasteiger partial charge in [-0.05, 0) is 12.1 Å². The van der Waals surface area contributed by atoms with Gasteiger partial charge in [0.1, 0.15) is 0 Å². The van der Waals surface area contributed by atoms with Gasteiger partial charge in [0.2, 0.25) is 12.3 Å². The summed E-state index contributed by atoms with van der Waals surface area (Å²) in [6.07, 6.45) is 3.48. The van der Waals surface area contributed by atoms with Gasteiger partial charge in [0.05, 0.1) is 9.21 Å². The average Bonchev–Trinajstić information content (AvgIpc) is 3.02. The number of hydrogen-bond acceptors (Lipinski definition) is 3. The first-order valence-electron chi connectivity index (χ1n) is 7.01. The minimum Gasteiger partial charge on any atom is -0.289 e. The molecule has 0 atom stereocenters. The zero-order chi connectivity index (χ0) is 16.2. The molecule has 0 amide bonds. The van der Waals surface area contributed by atoms with Crippen LogP contribution in [0.4, 0.5) is 0 Å². The molecule has 0 aliphatic heterocycles. The van der Waals surface area contributed by atoms with Crippen LogP contribution in [0.3, 0.4) is 0 Å². The van der Waals surface area contributed by atoms with Crippen LogP contribution in [0.25, 0.3) is 0 Å². The minimum absolute atomic E-state index is 0.00552. The summed E-state index contributed by atoms with van der Waals surface area (Å²) in [5.41, 5.74) is 1.24. The second kappa shape index (κ2) is 6.86. The monoisotopic (exact) mass is 342 g/mol. The number of benzene rings is 1. The molecule has 0 bridgehead atoms. The molecule has 23 heavy (non-hydrogen) atoms. The summed E-state index contributed by atoms with van der Waals surface area (Å²) in [5.74, 6) is -0.0387. The van der Waals surface area contributed by atoms with E-state index in [0.29, 0.717) is 20.3 Å². The molecule has 0 aliphatic carbocycles. The predicted octanol–water partition coefficient (Wildman–Crippen LogP) is 3.80. The van der Waals surface area contributed by atoms with E-state index < -0.39 is 0 Å². The van der Waals surface area contributed by atoms with Crippen LogP contribution in [-0.2, 0) is 6.54 Å². The lowest BCUT2D eigenvalue weighted by atomic mass is 10.0. The Morgan fingerprint density at radius 2 is 1.57 bits per heavy atom. The van der Waals surface area contributed by atoms with E-state index in [9.17, 15) is 9.59 Å². The number of halogens is 1. The van der Waals surface area contributed by atoms with Gasteiger partial charge in [-0.25, -0.2) is 0 Å². The SMILES string of the molecule is O=C(c1ccccc1)c1cc[n+](CC(=O)c2ccc(Cl)s2)cc1. The van der Waals surface area contributed by atoms with E-state index in [0.717, 1.165) is 0 Å². The molecule has 0 spiro atoms. The van der Waals surface area contributed by atoms with Gasteiger partial charge >= 0.3 is 0 Å². The van der Waals surface area contributed by atoms with E-state index in [-0.39, 0.29) is 18.1 Å². The Hall–Kier alpha value is -2.30. The van der Waals surface area contributed by atoms with Crippen LogP contribution >= 0.6 is 22.9 Å². The van der Waals surface area contributed by atoms with Crippen LogP contribution in [-0.4, -0.2) is 11.6 Å². The summed E-state index contributed by atoms with van der Waals surface area (Å²) in [5, 5.41) is 0. The molecule has 2 heterocycles. The number of aromatic nitrogens is 1. The van der Waals surface area contributed by atoms with Crippen molar-refractivity contribution in [2.24, 2.45) is 0 Å². The van der Waals surface area contributed by atoms with Crippen molar-refractivity contribution in [3.63, 3.8) is 0 Å². The zero-order valence-electron chi connectivity index (χ0n) is 12.1. The molecule has 2 aromatic heterocycles. The van der Waals surface area contributed by atoms with Crippen LogP contribution in [0.2, 0.25) is 4.34 Å². The van der Waals surface area contributed by atoms with Crippen molar-refractivity contribution in [2.45, 2.75) is 6.54 Å². The van der Waals surface area contributed by atoms with E-state index in [1.807, 2.05) is 18.2 Å². The van der Waals surface area contributed by atoms with Crippen molar-refractivity contribution in [2.75, 3.05) is 0 Å². The molecule has 0 saturated carbocycles. The number of hydrogen-bond donors (Lipinski definition) is 0. The molecular formula is C18H13ClNO2S+. The highest BCUT2D eigenvalue weighted by molar-refractivity contribution is 7.18. The van der Waals surface area contributed by atoms with Gasteiger partial charge in [-0.3, -0.25) is 9.59 Å². The summed E-state index contributed by atoms with van der Waals surface area (Å²) in [6.45, 7) is 0.219. The number of carbonyl (C=O) groups is 2. The summed E-state index contributed by atoms with van der Waals surface area (Å²) < 4.78 is 2.35. The molecule has 0 radical (unpaired) electrons. The van der Waals surface area contributed by atoms with Crippen molar-refractivity contribution in [1.29, 1.82) is 0 Å². The third kappa shape index (κ3) is 3.73. The predicted molar refractivity (Wildman–Crippen MR) is 90.2 cm³/mol. The van der Waals surface area contributed by atoms with Gasteiger partial charge in [0.15, 0.2) is 18.2 Å². The maximum absolute atomic E-state index is 12.3. The van der Waals surface area contributed by atoms with E-state index >= 15 is 0 Å². The Bertz CT molecular complexity index is 841. The molecule has 3 nitrogen and oxygen atoms in total. The number of thiophene rings is 1. The first kappa shape index (κ1) is 15.6. The lowest BCUT2D eigenvalue weighted by molar-refractivity contribution is -0.683. The maximum Gasteiger partial charge on any atom is 0.237 e. The maximum atomic E-state index is 12.3. The summed E-state index contributed by atoms with van der Waals surface area (Å²) >= 11 is 7.11. The van der Waals surface area contributed by atoms with Crippen molar-refractivity contribution in [1.82, 2.24) is 0 Å². The third-order valence-electron chi connectivity index (χ3n) is 3.36. The largest absolute Gasteiger partial charge is 0.289 e. The lowest BCUT2D eigenvalue weighted by Crippen LogP contribution is -2.37. The number of rotatable bonds is 5. The molecular weight excluding hydrogens is 330 g/mol. The normalized spacial score (nSPS) is 10.5. The van der Waals surface area contributed by atoms with E-state index in [2.05, 4.69) is 0 Å². The highest BCUT2D eigenvalue weighted by Gasteiger charge is 2.15. The Morgan fingerprint density at radius 1 is 0.913 bits per heavy atom. The second-order valence-electron chi connectivity index (χ2n) is 4.98. The molecule has 1 aromatic carbocycles. The van der Waals surface area contributed by atoms with Gasteiger partial charge in [0.25, 0.3) is 0 Å². The van der Waals surface area contributed by atoms with Crippen molar-refractivity contribution >= 4 is 34.5 Å². The van der Waals surface area contributed by atoms with Crippen molar-refractivity contribution in [3.05, 3.63) is 87.3 Å². The van der Waals surface area contributed by atoms with Crippen LogP contribution in [0.15, 0.2) is 67.0 Å². The highest BCUT2D eigenvalue weighted by atomic mass is 35.5. The van der Waals surface area contributed by atoms with Gasteiger partial charge in [-0.2, -0.15) is 4.57 Å². The number of ketones is 2. The molecule has 0 saturated heterocycles. The van der Waals surface area contributed by atoms with Gasteiger partial charge in [-0.1, -0.05) is 41.9 Å². The molecule has 3 rings (SSSR count). The molecule has 0 N–H and O–H groups in total. The quantitative estimate of drug-likeness (QED) is 0.522. The van der Waals surface area contributed by atoms with Crippen LogP contribution < -0.4 is 4.57 Å². The van der Waals surface area contributed by atoms with E-state index in [1.54, 1.807) is 53.4 Å². The molecule has 0 fully saturated rings. The standard InChI is InChI=1S/C18H13ClNO2S/c19-17-7-6-16(23-17)15(21)12-20-10-8-14(9-11-20)18(22)13-4-2-1-3-5-13/h1-11H,12H2/q+1. The number of carbonyl (C=O) groups excluding carboxylic acids is 2. The Labute approximate surface area is 142 Å². The number of pyridine rings is 1. The molecule has 3 aromatic rings. The second-order valence-corrected chi connectivity index (χ2v) is 6.70. The first-order valence-corrected chi connectivity index (χ1v) is 8.20. The van der Waals surface area contributed by atoms with Crippen molar-refractivity contribution in [3.8, 4) is 0 Å². The summed E-state index contributed by atoms with van der Waals surface area (Å²) in [4.78, 5) is 25.1. The van der Waals surface area contributed by atoms with Crippen molar-refractivity contribution < 1.29 is 14.2 Å². The highest BCUT2D eigenvalue weighted by Crippen LogP contribution is 2.21. The lowest BCUT2D eigenvalue weighted by Gasteiger charge is -2.00.